The molecule has 0 aliphatic rings. The quantitative estimate of drug-likeness (QED) is 0.180. The molecule has 0 bridgehead atoms. The van der Waals surface area contributed by atoms with E-state index in [1.807, 2.05) is 24.5 Å². The highest BCUT2D eigenvalue weighted by molar-refractivity contribution is 6.07. The normalized spacial score (nSPS) is 12.4. The molecular formula is C46H38N4. The van der Waals surface area contributed by atoms with Crippen LogP contribution >= 0.6 is 0 Å². The van der Waals surface area contributed by atoms with Crippen LogP contribution in [-0.2, 0) is 10.8 Å². The van der Waals surface area contributed by atoms with E-state index in [0.717, 1.165) is 33.4 Å². The predicted molar refractivity (Wildman–Crippen MR) is 208 cm³/mol. The second-order valence-electron chi connectivity index (χ2n) is 14.4. The lowest BCUT2D eigenvalue weighted by Gasteiger charge is -2.30. The molecule has 4 heterocycles. The molecule has 0 spiro atoms. The van der Waals surface area contributed by atoms with Crippen molar-refractivity contribution < 1.29 is 0 Å². The molecule has 4 heteroatoms. The average molecular weight is 647 g/mol. The molecule has 5 aromatic carbocycles. The summed E-state index contributed by atoms with van der Waals surface area (Å²) in [5.41, 5.74) is 13.8. The number of pyridine rings is 2. The van der Waals surface area contributed by atoms with Gasteiger partial charge in [0.2, 0.25) is 0 Å². The Hall–Kier alpha value is -6.00. The highest BCUT2D eigenvalue weighted by Crippen LogP contribution is 2.38. The van der Waals surface area contributed by atoms with Crippen molar-refractivity contribution in [3.05, 3.63) is 180 Å². The van der Waals surface area contributed by atoms with Gasteiger partial charge >= 0.3 is 0 Å². The van der Waals surface area contributed by atoms with E-state index in [2.05, 4.69) is 170 Å². The highest BCUT2D eigenvalue weighted by atomic mass is 15.0. The Morgan fingerprint density at radius 3 is 1.06 bits per heavy atom. The number of benzene rings is 5. The van der Waals surface area contributed by atoms with Gasteiger partial charge in [0, 0.05) is 45.4 Å². The number of hydrogen-bond donors (Lipinski definition) is 0. The van der Waals surface area contributed by atoms with Crippen molar-refractivity contribution in [2.45, 2.75) is 38.5 Å². The minimum absolute atomic E-state index is 0.164. The molecule has 0 radical (unpaired) electrons. The second-order valence-corrected chi connectivity index (χ2v) is 14.4. The molecule has 4 nitrogen and oxygen atoms in total. The van der Waals surface area contributed by atoms with Gasteiger partial charge in [0.15, 0.2) is 0 Å². The van der Waals surface area contributed by atoms with E-state index in [0.29, 0.717) is 0 Å². The van der Waals surface area contributed by atoms with Crippen molar-refractivity contribution in [3.63, 3.8) is 0 Å². The van der Waals surface area contributed by atoms with Crippen molar-refractivity contribution in [2.24, 2.45) is 0 Å². The summed E-state index contributed by atoms with van der Waals surface area (Å²) in [6.07, 6.45) is 3.75. The SMILES string of the molecule is CC(C)(c1ccc(-n2c3ccccc3c3ncccc32)cc1)c1ccc(C(C)(C)c2ccc(-n3c4ccccc4c4ncccc43)cc2)cc1. The molecule has 4 aromatic heterocycles. The molecule has 0 unspecified atom stereocenters. The predicted octanol–water partition coefficient (Wildman–Crippen LogP) is 11.3. The summed E-state index contributed by atoms with van der Waals surface area (Å²) in [7, 11) is 0. The van der Waals surface area contributed by atoms with Crippen LogP contribution in [-0.4, -0.2) is 19.1 Å². The summed E-state index contributed by atoms with van der Waals surface area (Å²) in [6.45, 7) is 9.26. The summed E-state index contributed by atoms with van der Waals surface area (Å²) in [4.78, 5) is 9.41. The van der Waals surface area contributed by atoms with E-state index < -0.39 is 0 Å². The Labute approximate surface area is 292 Å². The number of para-hydroxylation sites is 2. The summed E-state index contributed by atoms with van der Waals surface area (Å²) < 4.78 is 4.63. The van der Waals surface area contributed by atoms with Gasteiger partial charge in [-0.3, -0.25) is 9.97 Å². The largest absolute Gasteiger partial charge is 0.308 e. The third kappa shape index (κ3) is 4.59. The number of fused-ring (bicyclic) bond motifs is 6. The van der Waals surface area contributed by atoms with Crippen LogP contribution in [0.2, 0.25) is 0 Å². The lowest BCUT2D eigenvalue weighted by Crippen LogP contribution is -2.21. The van der Waals surface area contributed by atoms with Crippen LogP contribution in [0.15, 0.2) is 158 Å². The van der Waals surface area contributed by atoms with Gasteiger partial charge < -0.3 is 9.13 Å². The zero-order chi connectivity index (χ0) is 34.0. The van der Waals surface area contributed by atoms with Gasteiger partial charge in [0.05, 0.1) is 33.1 Å². The molecule has 0 atom stereocenters. The van der Waals surface area contributed by atoms with Crippen LogP contribution in [0.3, 0.4) is 0 Å². The van der Waals surface area contributed by atoms with Crippen molar-refractivity contribution in [3.8, 4) is 11.4 Å². The maximum absolute atomic E-state index is 4.71. The Kier molecular flexibility index (Phi) is 6.79. The minimum atomic E-state index is -0.164. The minimum Gasteiger partial charge on any atom is -0.308 e. The Bertz CT molecular complexity index is 2380. The third-order valence-corrected chi connectivity index (χ3v) is 10.9. The molecule has 9 aromatic rings. The van der Waals surface area contributed by atoms with Gasteiger partial charge in [-0.05, 0) is 82.9 Å². The summed E-state index contributed by atoms with van der Waals surface area (Å²) in [6, 6.07) is 52.7. The number of rotatable bonds is 6. The zero-order valence-electron chi connectivity index (χ0n) is 28.8. The van der Waals surface area contributed by atoms with Gasteiger partial charge in [-0.1, -0.05) is 113 Å². The van der Waals surface area contributed by atoms with E-state index in [-0.39, 0.29) is 10.8 Å². The number of aromatic nitrogens is 4. The van der Waals surface area contributed by atoms with Gasteiger partial charge in [0.1, 0.15) is 0 Å². The van der Waals surface area contributed by atoms with Crippen LogP contribution in [0.1, 0.15) is 49.9 Å². The fraction of sp³-hybridized carbons (Fsp3) is 0.130. The number of hydrogen-bond acceptors (Lipinski definition) is 2. The molecule has 50 heavy (non-hydrogen) atoms. The van der Waals surface area contributed by atoms with Crippen molar-refractivity contribution in [2.75, 3.05) is 0 Å². The van der Waals surface area contributed by atoms with E-state index in [1.54, 1.807) is 0 Å². The molecular weight excluding hydrogens is 609 g/mol. The standard InChI is InChI=1S/C46H38N4/c1-45(2,33-21-25-35(26-22-33)49-39-13-7-5-11-37(39)43-41(49)15-9-29-47-43)31-17-19-32(20-18-31)46(3,4)34-23-27-36(28-24-34)50-40-14-8-6-12-38(40)44-42(50)16-10-30-48-44/h5-30H,1-4H3. The van der Waals surface area contributed by atoms with Crippen LogP contribution < -0.4 is 0 Å². The molecule has 0 aliphatic heterocycles. The van der Waals surface area contributed by atoms with Crippen LogP contribution in [0.4, 0.5) is 0 Å². The smallest absolute Gasteiger partial charge is 0.0963 e. The van der Waals surface area contributed by atoms with E-state index in [4.69, 9.17) is 9.97 Å². The molecule has 9 rings (SSSR count). The van der Waals surface area contributed by atoms with Crippen molar-refractivity contribution in [1.82, 2.24) is 19.1 Å². The Morgan fingerprint density at radius 2 is 0.680 bits per heavy atom. The van der Waals surface area contributed by atoms with Crippen molar-refractivity contribution in [1.29, 1.82) is 0 Å². The second kappa shape index (κ2) is 11.3. The molecule has 0 aliphatic carbocycles. The third-order valence-electron chi connectivity index (χ3n) is 10.9. The van der Waals surface area contributed by atoms with Crippen LogP contribution in [0, 0.1) is 0 Å². The fourth-order valence-electron chi connectivity index (χ4n) is 7.81. The Morgan fingerprint density at radius 1 is 0.360 bits per heavy atom. The first kappa shape index (κ1) is 30.1. The van der Waals surface area contributed by atoms with E-state index >= 15 is 0 Å². The lowest BCUT2D eigenvalue weighted by atomic mass is 9.74. The summed E-state index contributed by atoms with van der Waals surface area (Å²) in [5.74, 6) is 0. The molecule has 0 amide bonds. The molecule has 0 N–H and O–H groups in total. The van der Waals surface area contributed by atoms with Gasteiger partial charge in [-0.2, -0.15) is 0 Å². The van der Waals surface area contributed by atoms with Crippen LogP contribution in [0.25, 0.3) is 55.2 Å². The lowest BCUT2D eigenvalue weighted by molar-refractivity contribution is 0.626. The summed E-state index contributed by atoms with van der Waals surface area (Å²) in [5, 5.41) is 2.35. The van der Waals surface area contributed by atoms with Gasteiger partial charge in [-0.15, -0.1) is 0 Å². The van der Waals surface area contributed by atoms with E-state index in [1.165, 1.54) is 44.1 Å². The molecule has 0 saturated heterocycles. The zero-order valence-corrected chi connectivity index (χ0v) is 28.8. The highest BCUT2D eigenvalue weighted by Gasteiger charge is 2.27. The monoisotopic (exact) mass is 646 g/mol. The summed E-state index contributed by atoms with van der Waals surface area (Å²) >= 11 is 0. The fourth-order valence-corrected chi connectivity index (χ4v) is 7.81. The molecule has 242 valence electrons. The van der Waals surface area contributed by atoms with E-state index in [9.17, 15) is 0 Å². The number of nitrogens with zero attached hydrogens (tertiary/aromatic N) is 4. The van der Waals surface area contributed by atoms with Gasteiger partial charge in [0.25, 0.3) is 0 Å². The first-order valence-electron chi connectivity index (χ1n) is 17.3. The average Bonchev–Trinajstić information content (AvgIpc) is 3.68. The molecule has 0 saturated carbocycles. The van der Waals surface area contributed by atoms with Crippen molar-refractivity contribution >= 4 is 43.9 Å². The van der Waals surface area contributed by atoms with Gasteiger partial charge in [-0.25, -0.2) is 0 Å². The first-order valence-corrected chi connectivity index (χ1v) is 17.3. The molecule has 0 fully saturated rings. The van der Waals surface area contributed by atoms with Crippen LogP contribution in [0.5, 0.6) is 0 Å². The Balaban J connectivity index is 0.997. The topological polar surface area (TPSA) is 35.6 Å². The first-order chi connectivity index (χ1) is 24.3. The maximum atomic E-state index is 4.71. The maximum Gasteiger partial charge on any atom is 0.0963 e.